The first kappa shape index (κ1) is 13.3. The van der Waals surface area contributed by atoms with Gasteiger partial charge in [-0.25, -0.2) is 4.79 Å². The summed E-state index contributed by atoms with van der Waals surface area (Å²) < 4.78 is 6.27. The molecule has 102 valence electrons. The molecule has 1 aliphatic rings. The van der Waals surface area contributed by atoms with Crippen LogP contribution in [0.1, 0.15) is 12.6 Å². The van der Waals surface area contributed by atoms with Gasteiger partial charge < -0.3 is 14.9 Å². The smallest absolute Gasteiger partial charge is 0.330 e. The molecule has 0 aliphatic carbocycles. The third-order valence-corrected chi connectivity index (χ3v) is 2.80. The Bertz CT molecular complexity index is 631. The molecule has 0 unspecified atom stereocenters. The first-order valence-electron chi connectivity index (χ1n) is 5.41. The molecular formula is C9H11N5O5. The first-order valence-corrected chi connectivity index (χ1v) is 5.41. The Labute approximate surface area is 105 Å². The molecule has 10 heteroatoms. The van der Waals surface area contributed by atoms with Gasteiger partial charge in [0.2, 0.25) is 0 Å². The lowest BCUT2D eigenvalue weighted by Crippen LogP contribution is -2.32. The van der Waals surface area contributed by atoms with Crippen LogP contribution in [0.3, 0.4) is 0 Å². The van der Waals surface area contributed by atoms with Gasteiger partial charge in [-0.2, -0.15) is 0 Å². The quantitative estimate of drug-likeness (QED) is 0.369. The minimum absolute atomic E-state index is 0.0763. The van der Waals surface area contributed by atoms with Crippen molar-refractivity contribution in [2.24, 2.45) is 5.11 Å². The summed E-state index contributed by atoms with van der Waals surface area (Å²) in [5, 5.41) is 21.7. The fraction of sp³-hybridized carbons (Fsp3) is 0.556. The van der Waals surface area contributed by atoms with E-state index in [9.17, 15) is 14.7 Å². The summed E-state index contributed by atoms with van der Waals surface area (Å²) in [6.07, 6.45) is -1.43. The summed E-state index contributed by atoms with van der Waals surface area (Å²) in [6.45, 7) is -0.390. The van der Waals surface area contributed by atoms with E-state index in [0.717, 1.165) is 10.8 Å². The second kappa shape index (κ2) is 5.24. The van der Waals surface area contributed by atoms with E-state index in [2.05, 4.69) is 10.0 Å². The van der Waals surface area contributed by atoms with Crippen molar-refractivity contribution in [3.05, 3.63) is 37.5 Å². The summed E-state index contributed by atoms with van der Waals surface area (Å²) in [5.41, 5.74) is 6.46. The Morgan fingerprint density at radius 1 is 1.63 bits per heavy atom. The average molecular weight is 269 g/mol. The highest BCUT2D eigenvalue weighted by Crippen LogP contribution is 2.27. The molecule has 10 nitrogen and oxygen atoms in total. The monoisotopic (exact) mass is 269 g/mol. The number of nitrogens with one attached hydrogen (secondary N) is 1. The van der Waals surface area contributed by atoms with Crippen molar-refractivity contribution < 1.29 is 14.9 Å². The Balaban J connectivity index is 2.41. The maximum absolute atomic E-state index is 11.6. The Morgan fingerprint density at radius 3 is 2.95 bits per heavy atom. The molecule has 0 saturated carbocycles. The van der Waals surface area contributed by atoms with E-state index in [1.807, 2.05) is 4.98 Å². The van der Waals surface area contributed by atoms with Crippen molar-refractivity contribution >= 4 is 5.69 Å². The summed E-state index contributed by atoms with van der Waals surface area (Å²) in [6, 6.07) is 0. The lowest BCUT2D eigenvalue weighted by atomic mass is 10.2. The zero-order chi connectivity index (χ0) is 14.0. The SMILES string of the molecule is [N-]=[N+]=Nc1cn([C@H]2C[C@H](O)[C@@H](CO)O2)c(=O)[nH]c1=O. The van der Waals surface area contributed by atoms with Crippen LogP contribution in [-0.4, -0.2) is 38.6 Å². The van der Waals surface area contributed by atoms with E-state index in [0.29, 0.717) is 0 Å². The molecule has 1 aromatic heterocycles. The molecule has 1 saturated heterocycles. The fourth-order valence-electron chi connectivity index (χ4n) is 1.86. The van der Waals surface area contributed by atoms with E-state index < -0.39 is 29.7 Å². The highest BCUT2D eigenvalue weighted by Gasteiger charge is 2.35. The van der Waals surface area contributed by atoms with Gasteiger partial charge in [0.15, 0.2) is 0 Å². The second-order valence-corrected chi connectivity index (χ2v) is 3.99. The molecule has 0 amide bonds. The van der Waals surface area contributed by atoms with Crippen LogP contribution in [0.4, 0.5) is 5.69 Å². The van der Waals surface area contributed by atoms with E-state index >= 15 is 0 Å². The van der Waals surface area contributed by atoms with Crippen LogP contribution in [0, 0.1) is 0 Å². The normalized spacial score (nSPS) is 26.1. The molecule has 3 N–H and O–H groups in total. The van der Waals surface area contributed by atoms with Crippen LogP contribution >= 0.6 is 0 Å². The number of azide groups is 1. The standard InChI is InChI=1S/C9H11N5O5/c10-13-12-4-2-14(9(18)11-8(4)17)7-1-5(16)6(3-15)19-7/h2,5-7,15-16H,1,3H2,(H,11,17,18)/t5-,6+,7+/m0/s1. The Morgan fingerprint density at radius 2 is 2.37 bits per heavy atom. The highest BCUT2D eigenvalue weighted by molar-refractivity contribution is 5.29. The number of aliphatic hydroxyl groups is 2. The van der Waals surface area contributed by atoms with E-state index in [-0.39, 0.29) is 18.7 Å². The largest absolute Gasteiger partial charge is 0.394 e. The third kappa shape index (κ3) is 2.51. The van der Waals surface area contributed by atoms with Crippen LogP contribution in [0.2, 0.25) is 0 Å². The lowest BCUT2D eigenvalue weighted by Gasteiger charge is -2.14. The number of nitrogens with zero attached hydrogens (tertiary/aromatic N) is 4. The van der Waals surface area contributed by atoms with Gasteiger partial charge in [0, 0.05) is 17.5 Å². The van der Waals surface area contributed by atoms with Crippen molar-refractivity contribution in [3.63, 3.8) is 0 Å². The Hall–Kier alpha value is -2.13. The molecule has 2 rings (SSSR count). The second-order valence-electron chi connectivity index (χ2n) is 3.99. The minimum Gasteiger partial charge on any atom is -0.394 e. The Kier molecular flexibility index (Phi) is 3.67. The van der Waals surface area contributed by atoms with Crippen LogP contribution in [0.25, 0.3) is 10.4 Å². The van der Waals surface area contributed by atoms with Crippen molar-refractivity contribution in [1.29, 1.82) is 0 Å². The van der Waals surface area contributed by atoms with Gasteiger partial charge in [-0.3, -0.25) is 14.3 Å². The van der Waals surface area contributed by atoms with E-state index in [4.69, 9.17) is 15.4 Å². The van der Waals surface area contributed by atoms with E-state index in [1.165, 1.54) is 0 Å². The molecule has 0 bridgehead atoms. The van der Waals surface area contributed by atoms with Gasteiger partial charge in [0.05, 0.1) is 12.7 Å². The zero-order valence-electron chi connectivity index (χ0n) is 9.63. The maximum atomic E-state index is 11.6. The summed E-state index contributed by atoms with van der Waals surface area (Å²) in [7, 11) is 0. The number of aromatic nitrogens is 2. The minimum atomic E-state index is -0.920. The molecule has 0 aromatic carbocycles. The molecule has 0 radical (unpaired) electrons. The summed E-state index contributed by atoms with van der Waals surface area (Å²) >= 11 is 0. The van der Waals surface area contributed by atoms with Gasteiger partial charge in [-0.15, -0.1) is 0 Å². The molecule has 1 aliphatic heterocycles. The van der Waals surface area contributed by atoms with Crippen molar-refractivity contribution in [2.75, 3.05) is 6.61 Å². The molecule has 19 heavy (non-hydrogen) atoms. The maximum Gasteiger partial charge on any atom is 0.330 e. The average Bonchev–Trinajstić information content (AvgIpc) is 2.74. The van der Waals surface area contributed by atoms with Crippen LogP contribution in [-0.2, 0) is 4.74 Å². The fourth-order valence-corrected chi connectivity index (χ4v) is 1.86. The van der Waals surface area contributed by atoms with E-state index in [1.54, 1.807) is 0 Å². The van der Waals surface area contributed by atoms with Crippen LogP contribution < -0.4 is 11.2 Å². The van der Waals surface area contributed by atoms with Gasteiger partial charge in [0.25, 0.3) is 5.56 Å². The van der Waals surface area contributed by atoms with Gasteiger partial charge in [0.1, 0.15) is 18.0 Å². The molecule has 0 spiro atoms. The molecule has 2 heterocycles. The number of aromatic amines is 1. The lowest BCUT2D eigenvalue weighted by molar-refractivity contribution is -0.0458. The first-order chi connectivity index (χ1) is 9.06. The zero-order valence-corrected chi connectivity index (χ0v) is 9.63. The molecule has 1 fully saturated rings. The topological polar surface area (TPSA) is 153 Å². The molecule has 1 aromatic rings. The highest BCUT2D eigenvalue weighted by atomic mass is 16.5. The predicted octanol–water partition coefficient (Wildman–Crippen LogP) is -0.881. The molecular weight excluding hydrogens is 258 g/mol. The number of ether oxygens (including phenoxy) is 1. The van der Waals surface area contributed by atoms with Crippen molar-refractivity contribution in [1.82, 2.24) is 9.55 Å². The number of hydrogen-bond donors (Lipinski definition) is 3. The number of hydrogen-bond acceptors (Lipinski definition) is 6. The predicted molar refractivity (Wildman–Crippen MR) is 61.7 cm³/mol. The van der Waals surface area contributed by atoms with Crippen molar-refractivity contribution in [3.8, 4) is 0 Å². The van der Waals surface area contributed by atoms with Gasteiger partial charge >= 0.3 is 5.69 Å². The third-order valence-electron chi connectivity index (χ3n) is 2.80. The summed E-state index contributed by atoms with van der Waals surface area (Å²) in [4.78, 5) is 27.4. The van der Waals surface area contributed by atoms with Crippen LogP contribution in [0.5, 0.6) is 0 Å². The molecule has 3 atom stereocenters. The number of rotatable bonds is 3. The van der Waals surface area contributed by atoms with Gasteiger partial charge in [-0.1, -0.05) is 5.11 Å². The van der Waals surface area contributed by atoms with Gasteiger partial charge in [-0.05, 0) is 5.53 Å². The van der Waals surface area contributed by atoms with Crippen LogP contribution in [0.15, 0.2) is 20.9 Å². The number of aliphatic hydroxyl groups excluding tert-OH is 2. The number of H-pyrrole nitrogens is 1. The summed E-state index contributed by atoms with van der Waals surface area (Å²) in [5.74, 6) is 0. The van der Waals surface area contributed by atoms with Crippen molar-refractivity contribution in [2.45, 2.75) is 24.9 Å².